The van der Waals surface area contributed by atoms with Crippen LogP contribution in [0.5, 0.6) is 0 Å². The normalized spacial score (nSPS) is 14.8. The zero-order valence-electron chi connectivity index (χ0n) is 10.4. The predicted octanol–water partition coefficient (Wildman–Crippen LogP) is 3.65. The highest BCUT2D eigenvalue weighted by atomic mass is 28.4. The van der Waals surface area contributed by atoms with Crippen LogP contribution in [0, 0.1) is 10.8 Å². The Kier molecular flexibility index (Phi) is 3.79. The van der Waals surface area contributed by atoms with Crippen molar-refractivity contribution in [2.75, 3.05) is 0 Å². The molecule has 0 amide bonds. The van der Waals surface area contributed by atoms with Gasteiger partial charge in [0.2, 0.25) is 0 Å². The summed E-state index contributed by atoms with van der Waals surface area (Å²) in [6.07, 6.45) is 1.13. The van der Waals surface area contributed by atoms with E-state index in [1.807, 2.05) is 13.1 Å². The molecule has 1 nitrogen and oxygen atoms in total. The Morgan fingerprint density at radius 3 is 1.62 bits per heavy atom. The summed E-state index contributed by atoms with van der Waals surface area (Å²) in [5, 5.41) is 0. The third-order valence-corrected chi connectivity index (χ3v) is 4.87. The fourth-order valence-corrected chi connectivity index (χ4v) is 2.23. The number of rotatable bonds is 3. The fourth-order valence-electron chi connectivity index (χ4n) is 0.993. The van der Waals surface area contributed by atoms with Gasteiger partial charge in [0.15, 0.2) is 8.32 Å². The molecule has 0 bridgehead atoms. The largest absolute Gasteiger partial charge is 0.432 e. The Labute approximate surface area is 84.7 Å². The van der Waals surface area contributed by atoms with Gasteiger partial charge in [-0.05, 0) is 36.4 Å². The minimum atomic E-state index is -1.85. The van der Waals surface area contributed by atoms with Crippen LogP contribution in [0.3, 0.4) is 0 Å². The van der Waals surface area contributed by atoms with Crippen molar-refractivity contribution in [3.8, 4) is 0 Å². The summed E-state index contributed by atoms with van der Waals surface area (Å²) in [6, 6.07) is 1.01. The molecule has 80 valence electrons. The van der Waals surface area contributed by atoms with Crippen LogP contribution < -0.4 is 0 Å². The molecule has 0 aromatic heterocycles. The highest BCUT2D eigenvalue weighted by Gasteiger charge is 2.34. The molecule has 13 heavy (non-hydrogen) atoms. The summed E-state index contributed by atoms with van der Waals surface area (Å²) in [5.41, 5.74) is 0.645. The molecule has 0 atom stereocenters. The topological polar surface area (TPSA) is 20.2 Å². The lowest BCUT2D eigenvalue weighted by Gasteiger charge is -2.40. The van der Waals surface area contributed by atoms with Crippen molar-refractivity contribution in [1.82, 2.24) is 0 Å². The van der Waals surface area contributed by atoms with Gasteiger partial charge in [0.05, 0.1) is 0 Å². The van der Waals surface area contributed by atoms with Gasteiger partial charge in [-0.2, -0.15) is 0 Å². The maximum atomic E-state index is 9.79. The standard InChI is InChI=1S/C11H26OSi/c1-10(2,3)11(4,5)8-9-13(6,7)12/h12H,8-9H2,1-7H3. The Hall–Kier alpha value is 0.177. The first-order valence-corrected chi connectivity index (χ1v) is 8.34. The molecule has 0 unspecified atom stereocenters. The molecule has 0 aliphatic heterocycles. The van der Waals surface area contributed by atoms with Crippen molar-refractivity contribution in [3.05, 3.63) is 0 Å². The van der Waals surface area contributed by atoms with Crippen molar-refractivity contribution in [3.63, 3.8) is 0 Å². The van der Waals surface area contributed by atoms with Crippen LogP contribution >= 0.6 is 0 Å². The van der Waals surface area contributed by atoms with Gasteiger partial charge < -0.3 is 4.80 Å². The average Bonchev–Trinajstić information content (AvgIpc) is 1.79. The van der Waals surface area contributed by atoms with Gasteiger partial charge in [0, 0.05) is 0 Å². The third kappa shape index (κ3) is 4.82. The van der Waals surface area contributed by atoms with E-state index in [1.165, 1.54) is 0 Å². The fraction of sp³-hybridized carbons (Fsp3) is 1.00. The lowest BCUT2D eigenvalue weighted by atomic mass is 9.68. The van der Waals surface area contributed by atoms with E-state index in [4.69, 9.17) is 0 Å². The van der Waals surface area contributed by atoms with Crippen molar-refractivity contribution >= 4 is 8.32 Å². The Morgan fingerprint density at radius 2 is 1.38 bits per heavy atom. The SMILES string of the molecule is CC(C)(C)C(C)(C)CC[Si](C)(C)O. The Morgan fingerprint density at radius 1 is 1.00 bits per heavy atom. The van der Waals surface area contributed by atoms with E-state index < -0.39 is 8.32 Å². The van der Waals surface area contributed by atoms with E-state index in [2.05, 4.69) is 34.6 Å². The number of hydrogen-bond acceptors (Lipinski definition) is 1. The second-order valence-corrected chi connectivity index (χ2v) is 10.6. The van der Waals surface area contributed by atoms with Gasteiger partial charge in [-0.1, -0.05) is 34.6 Å². The molecule has 1 N–H and O–H groups in total. The molecule has 0 heterocycles. The summed E-state index contributed by atoms with van der Waals surface area (Å²) in [6.45, 7) is 15.5. The molecule has 0 saturated heterocycles. The molecule has 2 heteroatoms. The van der Waals surface area contributed by atoms with Crippen molar-refractivity contribution in [2.45, 2.75) is 60.2 Å². The quantitative estimate of drug-likeness (QED) is 0.693. The summed E-state index contributed by atoms with van der Waals surface area (Å²) in [4.78, 5) is 9.79. The zero-order valence-corrected chi connectivity index (χ0v) is 11.4. The molecule has 0 aliphatic rings. The van der Waals surface area contributed by atoms with E-state index in [-0.39, 0.29) is 0 Å². The van der Waals surface area contributed by atoms with Crippen molar-refractivity contribution in [1.29, 1.82) is 0 Å². The molecular weight excluding hydrogens is 176 g/mol. The summed E-state index contributed by atoms with van der Waals surface area (Å²) in [7, 11) is -1.85. The molecule has 0 aliphatic carbocycles. The second-order valence-electron chi connectivity index (χ2n) is 6.45. The van der Waals surface area contributed by atoms with Crippen molar-refractivity contribution in [2.24, 2.45) is 10.8 Å². The maximum absolute atomic E-state index is 9.79. The first-order chi connectivity index (χ1) is 5.46. The van der Waals surface area contributed by atoms with Gasteiger partial charge in [-0.25, -0.2) is 0 Å². The summed E-state index contributed by atoms with van der Waals surface area (Å²) < 4.78 is 0. The summed E-state index contributed by atoms with van der Waals surface area (Å²) in [5.74, 6) is 0. The van der Waals surface area contributed by atoms with Crippen LogP contribution in [0.2, 0.25) is 19.1 Å². The number of hydrogen-bond donors (Lipinski definition) is 1. The Balaban J connectivity index is 4.21. The summed E-state index contributed by atoms with van der Waals surface area (Å²) >= 11 is 0. The first kappa shape index (κ1) is 13.2. The predicted molar refractivity (Wildman–Crippen MR) is 62.4 cm³/mol. The minimum absolute atomic E-state index is 0.319. The molecule has 0 aromatic carbocycles. The lowest BCUT2D eigenvalue weighted by molar-refractivity contribution is 0.125. The maximum Gasteiger partial charge on any atom is 0.182 e. The second kappa shape index (κ2) is 3.74. The third-order valence-electron chi connectivity index (χ3n) is 3.39. The van der Waals surface area contributed by atoms with Gasteiger partial charge in [-0.3, -0.25) is 0 Å². The Bertz CT molecular complexity index is 160. The smallest absolute Gasteiger partial charge is 0.182 e. The van der Waals surface area contributed by atoms with Gasteiger partial charge in [-0.15, -0.1) is 0 Å². The van der Waals surface area contributed by atoms with E-state index in [9.17, 15) is 4.80 Å². The molecule has 0 aromatic rings. The van der Waals surface area contributed by atoms with Crippen LogP contribution in [0.15, 0.2) is 0 Å². The molecular formula is C11H26OSi. The van der Waals surface area contributed by atoms with Gasteiger partial charge in [0.1, 0.15) is 0 Å². The van der Waals surface area contributed by atoms with Gasteiger partial charge in [0.25, 0.3) is 0 Å². The first-order valence-electron chi connectivity index (χ1n) is 5.18. The highest BCUT2D eigenvalue weighted by molar-refractivity contribution is 6.69. The van der Waals surface area contributed by atoms with Crippen LogP contribution in [-0.2, 0) is 0 Å². The average molecular weight is 202 g/mol. The molecule has 0 rings (SSSR count). The van der Waals surface area contributed by atoms with Crippen LogP contribution in [-0.4, -0.2) is 13.1 Å². The van der Waals surface area contributed by atoms with Crippen LogP contribution in [0.4, 0.5) is 0 Å². The van der Waals surface area contributed by atoms with E-state index in [0.717, 1.165) is 12.5 Å². The molecule has 0 fully saturated rings. The molecule has 0 radical (unpaired) electrons. The van der Waals surface area contributed by atoms with E-state index >= 15 is 0 Å². The van der Waals surface area contributed by atoms with Crippen LogP contribution in [0.1, 0.15) is 41.0 Å². The minimum Gasteiger partial charge on any atom is -0.432 e. The van der Waals surface area contributed by atoms with Gasteiger partial charge >= 0.3 is 0 Å². The van der Waals surface area contributed by atoms with Crippen LogP contribution in [0.25, 0.3) is 0 Å². The highest BCUT2D eigenvalue weighted by Crippen LogP contribution is 2.42. The monoisotopic (exact) mass is 202 g/mol. The zero-order chi connectivity index (χ0) is 10.9. The molecule has 0 saturated carbocycles. The van der Waals surface area contributed by atoms with E-state index in [1.54, 1.807) is 0 Å². The van der Waals surface area contributed by atoms with E-state index in [0.29, 0.717) is 10.8 Å². The molecule has 0 spiro atoms. The van der Waals surface area contributed by atoms with Crippen molar-refractivity contribution < 1.29 is 4.80 Å². The lowest BCUT2D eigenvalue weighted by Crippen LogP contribution is -2.33.